The van der Waals surface area contributed by atoms with E-state index in [1.807, 2.05) is 12.1 Å². The highest BCUT2D eigenvalue weighted by Crippen LogP contribution is 2.30. The zero-order valence-corrected chi connectivity index (χ0v) is 10.2. The maximum atomic E-state index is 5.12. The molecule has 0 N–H and O–H groups in total. The van der Waals surface area contributed by atoms with E-state index in [0.29, 0.717) is 0 Å². The molecular formula is C9H10Br2O. The van der Waals surface area contributed by atoms with Crippen LogP contribution in [0.1, 0.15) is 12.5 Å². The Bertz CT molecular complexity index is 261. The number of rotatable bonds is 2. The van der Waals surface area contributed by atoms with E-state index in [2.05, 4.69) is 38.8 Å². The summed E-state index contributed by atoms with van der Waals surface area (Å²) in [5.74, 6) is 0.867. The third-order valence-electron chi connectivity index (χ3n) is 1.70. The van der Waals surface area contributed by atoms with Gasteiger partial charge in [-0.15, -0.1) is 0 Å². The molecule has 1 aromatic rings. The Morgan fingerprint density at radius 3 is 2.08 bits per heavy atom. The zero-order valence-electron chi connectivity index (χ0n) is 7.03. The molecule has 1 rings (SSSR count). The summed E-state index contributed by atoms with van der Waals surface area (Å²) in [5.41, 5.74) is 1.27. The lowest BCUT2D eigenvalue weighted by atomic mass is 10.2. The van der Waals surface area contributed by atoms with Gasteiger partial charge in [0.15, 0.2) is 0 Å². The second-order valence-corrected chi connectivity index (χ2v) is 4.13. The van der Waals surface area contributed by atoms with Gasteiger partial charge in [-0.1, -0.05) is 38.8 Å². The lowest BCUT2D eigenvalue weighted by Crippen LogP contribution is -1.88. The minimum atomic E-state index is 0.867. The van der Waals surface area contributed by atoms with E-state index < -0.39 is 0 Å². The third kappa shape index (κ3) is 2.02. The first kappa shape index (κ1) is 10.1. The SMILES string of the molecule is CCc1c(Br)cc(OC)cc1Br. The number of hydrogen-bond donors (Lipinski definition) is 0. The molecule has 0 aromatic heterocycles. The van der Waals surface area contributed by atoms with E-state index in [1.54, 1.807) is 7.11 Å². The third-order valence-corrected chi connectivity index (χ3v) is 3.12. The molecule has 12 heavy (non-hydrogen) atoms. The summed E-state index contributed by atoms with van der Waals surface area (Å²) in [6.45, 7) is 2.12. The summed E-state index contributed by atoms with van der Waals surface area (Å²) in [6.07, 6.45) is 1.01. The normalized spacial score (nSPS) is 10.0. The number of ether oxygens (including phenoxy) is 1. The Morgan fingerprint density at radius 2 is 1.75 bits per heavy atom. The van der Waals surface area contributed by atoms with Gasteiger partial charge in [0.1, 0.15) is 5.75 Å². The van der Waals surface area contributed by atoms with Gasteiger partial charge in [-0.2, -0.15) is 0 Å². The lowest BCUT2D eigenvalue weighted by Gasteiger charge is -2.07. The van der Waals surface area contributed by atoms with E-state index in [0.717, 1.165) is 21.1 Å². The molecule has 1 aromatic carbocycles. The molecule has 0 saturated heterocycles. The van der Waals surface area contributed by atoms with Crippen molar-refractivity contribution in [2.24, 2.45) is 0 Å². The van der Waals surface area contributed by atoms with E-state index in [-0.39, 0.29) is 0 Å². The lowest BCUT2D eigenvalue weighted by molar-refractivity contribution is 0.414. The molecule has 0 bridgehead atoms. The Labute approximate surface area is 89.4 Å². The largest absolute Gasteiger partial charge is 0.497 e. The summed E-state index contributed by atoms with van der Waals surface area (Å²) < 4.78 is 7.30. The molecule has 0 spiro atoms. The Morgan fingerprint density at radius 1 is 1.25 bits per heavy atom. The van der Waals surface area contributed by atoms with Crippen LogP contribution in [0.5, 0.6) is 5.75 Å². The van der Waals surface area contributed by atoms with Crippen LogP contribution in [0.4, 0.5) is 0 Å². The molecule has 0 aliphatic rings. The molecule has 0 amide bonds. The molecular weight excluding hydrogens is 284 g/mol. The van der Waals surface area contributed by atoms with Gasteiger partial charge < -0.3 is 4.74 Å². The Kier molecular flexibility index (Phi) is 3.59. The fourth-order valence-electron chi connectivity index (χ4n) is 1.04. The molecule has 0 heterocycles. The molecule has 0 fully saturated rings. The van der Waals surface area contributed by atoms with Crippen LogP contribution in [0, 0.1) is 0 Å². The van der Waals surface area contributed by atoms with Gasteiger partial charge >= 0.3 is 0 Å². The van der Waals surface area contributed by atoms with Gasteiger partial charge in [0.25, 0.3) is 0 Å². The van der Waals surface area contributed by atoms with Gasteiger partial charge in [-0.25, -0.2) is 0 Å². The van der Waals surface area contributed by atoms with Crippen LogP contribution in [-0.4, -0.2) is 7.11 Å². The average Bonchev–Trinajstić information content (AvgIpc) is 2.03. The minimum absolute atomic E-state index is 0.867. The fourth-order valence-corrected chi connectivity index (χ4v) is 2.74. The Hall–Kier alpha value is -0.0200. The van der Waals surface area contributed by atoms with Crippen LogP contribution >= 0.6 is 31.9 Å². The monoisotopic (exact) mass is 292 g/mol. The van der Waals surface area contributed by atoms with Crippen molar-refractivity contribution in [1.29, 1.82) is 0 Å². The van der Waals surface area contributed by atoms with Crippen molar-refractivity contribution >= 4 is 31.9 Å². The van der Waals surface area contributed by atoms with Crippen molar-refractivity contribution in [1.82, 2.24) is 0 Å². The van der Waals surface area contributed by atoms with Crippen molar-refractivity contribution in [3.05, 3.63) is 26.6 Å². The zero-order chi connectivity index (χ0) is 9.14. The average molecular weight is 294 g/mol. The standard InChI is InChI=1S/C9H10Br2O/c1-3-7-8(10)4-6(12-2)5-9(7)11/h4-5H,3H2,1-2H3. The molecule has 0 saturated carbocycles. The predicted molar refractivity (Wildman–Crippen MR) is 57.8 cm³/mol. The maximum absolute atomic E-state index is 5.12. The molecule has 66 valence electrons. The number of methoxy groups -OCH3 is 1. The van der Waals surface area contributed by atoms with E-state index in [4.69, 9.17) is 4.74 Å². The van der Waals surface area contributed by atoms with Crippen LogP contribution in [0.25, 0.3) is 0 Å². The highest BCUT2D eigenvalue weighted by atomic mass is 79.9. The number of benzene rings is 1. The summed E-state index contributed by atoms with van der Waals surface area (Å²) >= 11 is 6.98. The van der Waals surface area contributed by atoms with Crippen molar-refractivity contribution in [2.75, 3.05) is 7.11 Å². The molecule has 1 nitrogen and oxygen atoms in total. The number of halogens is 2. The van der Waals surface area contributed by atoms with E-state index >= 15 is 0 Å². The fraction of sp³-hybridized carbons (Fsp3) is 0.333. The first-order valence-corrected chi connectivity index (χ1v) is 5.29. The first-order valence-electron chi connectivity index (χ1n) is 3.71. The minimum Gasteiger partial charge on any atom is -0.497 e. The molecule has 0 aliphatic heterocycles. The van der Waals surface area contributed by atoms with Gasteiger partial charge in [0.2, 0.25) is 0 Å². The van der Waals surface area contributed by atoms with Gasteiger partial charge in [0, 0.05) is 8.95 Å². The van der Waals surface area contributed by atoms with Crippen molar-refractivity contribution < 1.29 is 4.74 Å². The molecule has 0 aliphatic carbocycles. The van der Waals surface area contributed by atoms with Crippen LogP contribution in [0.3, 0.4) is 0 Å². The second kappa shape index (κ2) is 4.28. The highest BCUT2D eigenvalue weighted by molar-refractivity contribution is 9.11. The smallest absolute Gasteiger partial charge is 0.121 e. The maximum Gasteiger partial charge on any atom is 0.121 e. The Balaban J connectivity index is 3.18. The quantitative estimate of drug-likeness (QED) is 0.806. The van der Waals surface area contributed by atoms with Crippen molar-refractivity contribution in [3.8, 4) is 5.75 Å². The van der Waals surface area contributed by atoms with E-state index in [1.165, 1.54) is 5.56 Å². The molecule has 0 atom stereocenters. The van der Waals surface area contributed by atoms with E-state index in [9.17, 15) is 0 Å². The first-order chi connectivity index (χ1) is 5.69. The summed E-state index contributed by atoms with van der Waals surface area (Å²) in [7, 11) is 1.67. The van der Waals surface area contributed by atoms with Gasteiger partial charge in [-0.05, 0) is 24.1 Å². The van der Waals surface area contributed by atoms with Crippen LogP contribution < -0.4 is 4.74 Å². The van der Waals surface area contributed by atoms with Crippen LogP contribution in [-0.2, 0) is 6.42 Å². The van der Waals surface area contributed by atoms with Gasteiger partial charge in [0.05, 0.1) is 7.11 Å². The van der Waals surface area contributed by atoms with Crippen LogP contribution in [0.15, 0.2) is 21.1 Å². The predicted octanol–water partition coefficient (Wildman–Crippen LogP) is 3.78. The molecule has 0 radical (unpaired) electrons. The van der Waals surface area contributed by atoms with Crippen molar-refractivity contribution in [2.45, 2.75) is 13.3 Å². The van der Waals surface area contributed by atoms with Crippen molar-refractivity contribution in [3.63, 3.8) is 0 Å². The molecule has 3 heteroatoms. The summed E-state index contributed by atoms with van der Waals surface area (Å²) in [6, 6.07) is 3.95. The topological polar surface area (TPSA) is 9.23 Å². The highest BCUT2D eigenvalue weighted by Gasteiger charge is 2.05. The molecule has 0 unspecified atom stereocenters. The van der Waals surface area contributed by atoms with Crippen LogP contribution in [0.2, 0.25) is 0 Å². The summed E-state index contributed by atoms with van der Waals surface area (Å²) in [5, 5.41) is 0. The second-order valence-electron chi connectivity index (χ2n) is 2.42. The summed E-state index contributed by atoms with van der Waals surface area (Å²) in [4.78, 5) is 0. The number of hydrogen-bond acceptors (Lipinski definition) is 1. The van der Waals surface area contributed by atoms with Gasteiger partial charge in [-0.3, -0.25) is 0 Å².